The lowest BCUT2D eigenvalue weighted by molar-refractivity contribution is 0.356. The highest BCUT2D eigenvalue weighted by atomic mass is 16.5. The number of nitrogens with one attached hydrogen (secondary N) is 1. The number of aryl methyl sites for hydroxylation is 1. The van der Waals surface area contributed by atoms with Crippen molar-refractivity contribution < 1.29 is 9.47 Å². The predicted molar refractivity (Wildman–Crippen MR) is 92.6 cm³/mol. The molecule has 1 aliphatic rings. The van der Waals surface area contributed by atoms with Gasteiger partial charge in [-0.25, -0.2) is 0 Å². The zero-order valence-corrected chi connectivity index (χ0v) is 13.6. The Kier molecular flexibility index (Phi) is 3.49. The van der Waals surface area contributed by atoms with Gasteiger partial charge < -0.3 is 14.5 Å². The van der Waals surface area contributed by atoms with Crippen LogP contribution in [0.5, 0.6) is 11.5 Å². The van der Waals surface area contributed by atoms with E-state index in [0.29, 0.717) is 5.92 Å². The highest BCUT2D eigenvalue weighted by Gasteiger charge is 2.24. The van der Waals surface area contributed by atoms with Gasteiger partial charge in [0, 0.05) is 22.7 Å². The number of ether oxygens (including phenoxy) is 2. The molecule has 2 aromatic carbocycles. The molecule has 0 fully saturated rings. The van der Waals surface area contributed by atoms with E-state index in [2.05, 4.69) is 41.4 Å². The zero-order valence-electron chi connectivity index (χ0n) is 13.6. The Balaban J connectivity index is 1.78. The van der Waals surface area contributed by atoms with Crippen LogP contribution in [0.4, 0.5) is 0 Å². The summed E-state index contributed by atoms with van der Waals surface area (Å²) in [4.78, 5) is 3.58. The van der Waals surface area contributed by atoms with Crippen LogP contribution < -0.4 is 9.47 Å². The summed E-state index contributed by atoms with van der Waals surface area (Å²) in [5, 5.41) is 1.26. The second-order valence-corrected chi connectivity index (χ2v) is 6.19. The summed E-state index contributed by atoms with van der Waals surface area (Å²) >= 11 is 0. The third-order valence-corrected chi connectivity index (χ3v) is 4.96. The first kappa shape index (κ1) is 14.2. The van der Waals surface area contributed by atoms with E-state index in [1.807, 2.05) is 6.07 Å². The van der Waals surface area contributed by atoms with Crippen LogP contribution >= 0.6 is 0 Å². The van der Waals surface area contributed by atoms with E-state index in [1.54, 1.807) is 14.2 Å². The summed E-state index contributed by atoms with van der Waals surface area (Å²) in [5.41, 5.74) is 5.37. The van der Waals surface area contributed by atoms with Crippen molar-refractivity contribution in [3.05, 3.63) is 59.3 Å². The molecule has 3 aromatic rings. The quantitative estimate of drug-likeness (QED) is 0.775. The molecule has 0 aliphatic heterocycles. The lowest BCUT2D eigenvalue weighted by atomic mass is 9.82. The van der Waals surface area contributed by atoms with E-state index in [9.17, 15) is 0 Å². The van der Waals surface area contributed by atoms with Gasteiger partial charge in [0.25, 0.3) is 0 Å². The molecule has 0 spiro atoms. The predicted octanol–water partition coefficient (Wildman–Crippen LogP) is 4.46. The molecular weight excluding hydrogens is 286 g/mol. The monoisotopic (exact) mass is 307 g/mol. The van der Waals surface area contributed by atoms with Crippen molar-refractivity contribution in [3.8, 4) is 11.5 Å². The summed E-state index contributed by atoms with van der Waals surface area (Å²) in [6.07, 6.45) is 3.36. The molecule has 3 heteroatoms. The Morgan fingerprint density at radius 1 is 1.00 bits per heavy atom. The summed E-state index contributed by atoms with van der Waals surface area (Å²) in [6, 6.07) is 15.0. The number of methoxy groups -OCH3 is 2. The van der Waals surface area contributed by atoms with Gasteiger partial charge in [0.05, 0.1) is 14.2 Å². The molecule has 1 atom stereocenters. The molecule has 4 rings (SSSR count). The Hall–Kier alpha value is -2.42. The molecule has 1 unspecified atom stereocenters. The molecule has 3 nitrogen and oxygen atoms in total. The summed E-state index contributed by atoms with van der Waals surface area (Å²) in [5.74, 6) is 2.16. The number of fused-ring (bicyclic) bond motifs is 3. The van der Waals surface area contributed by atoms with Crippen LogP contribution in [0.2, 0.25) is 0 Å². The minimum Gasteiger partial charge on any atom is -0.493 e. The van der Waals surface area contributed by atoms with Crippen LogP contribution in [-0.4, -0.2) is 19.2 Å². The number of aromatic nitrogens is 1. The molecule has 1 aliphatic carbocycles. The maximum atomic E-state index is 5.48. The van der Waals surface area contributed by atoms with Crippen LogP contribution in [0.25, 0.3) is 10.9 Å². The molecule has 1 N–H and O–H groups in total. The van der Waals surface area contributed by atoms with Gasteiger partial charge in [-0.15, -0.1) is 0 Å². The first-order valence-electron chi connectivity index (χ1n) is 8.10. The third-order valence-electron chi connectivity index (χ3n) is 4.96. The summed E-state index contributed by atoms with van der Waals surface area (Å²) < 4.78 is 10.9. The Bertz CT molecular complexity index is 836. The molecule has 0 amide bonds. The Labute approximate surface area is 136 Å². The number of aromatic amines is 1. The minimum absolute atomic E-state index is 0.593. The van der Waals surface area contributed by atoms with Gasteiger partial charge in [0.2, 0.25) is 0 Å². The number of rotatable bonds is 3. The largest absolute Gasteiger partial charge is 0.493 e. The van der Waals surface area contributed by atoms with Gasteiger partial charge in [-0.2, -0.15) is 0 Å². The third kappa shape index (κ3) is 2.37. The lowest BCUT2D eigenvalue weighted by Crippen LogP contribution is -2.11. The smallest absolute Gasteiger partial charge is 0.162 e. The van der Waals surface area contributed by atoms with E-state index in [0.717, 1.165) is 29.9 Å². The number of benzene rings is 2. The molecule has 0 radical (unpaired) electrons. The topological polar surface area (TPSA) is 34.2 Å². The number of H-pyrrole nitrogens is 1. The van der Waals surface area contributed by atoms with Crippen molar-refractivity contribution in [2.75, 3.05) is 14.2 Å². The molecule has 1 heterocycles. The van der Waals surface area contributed by atoms with E-state index < -0.39 is 0 Å². The fourth-order valence-electron chi connectivity index (χ4n) is 3.76. The molecule has 0 saturated heterocycles. The van der Waals surface area contributed by atoms with E-state index >= 15 is 0 Å². The highest BCUT2D eigenvalue weighted by molar-refractivity contribution is 5.88. The van der Waals surface area contributed by atoms with E-state index in [4.69, 9.17) is 9.47 Å². The van der Waals surface area contributed by atoms with Gasteiger partial charge in [-0.05, 0) is 42.4 Å². The van der Waals surface area contributed by atoms with Crippen molar-refractivity contribution in [1.82, 2.24) is 4.98 Å². The fourth-order valence-corrected chi connectivity index (χ4v) is 3.76. The highest BCUT2D eigenvalue weighted by Crippen LogP contribution is 2.40. The fraction of sp³-hybridized carbons (Fsp3) is 0.300. The van der Waals surface area contributed by atoms with Gasteiger partial charge >= 0.3 is 0 Å². The second kappa shape index (κ2) is 5.65. The maximum absolute atomic E-state index is 5.48. The van der Waals surface area contributed by atoms with Crippen LogP contribution in [0.15, 0.2) is 42.5 Å². The average Bonchev–Trinajstić information content (AvgIpc) is 2.97. The average molecular weight is 307 g/mol. The Morgan fingerprint density at radius 2 is 1.74 bits per heavy atom. The molecule has 23 heavy (non-hydrogen) atoms. The van der Waals surface area contributed by atoms with Crippen LogP contribution in [-0.2, 0) is 12.8 Å². The van der Waals surface area contributed by atoms with Crippen LogP contribution in [0.1, 0.15) is 29.2 Å². The molecular formula is C20H21NO2. The van der Waals surface area contributed by atoms with E-state index in [-0.39, 0.29) is 0 Å². The first-order valence-corrected chi connectivity index (χ1v) is 8.10. The van der Waals surface area contributed by atoms with Crippen molar-refractivity contribution in [1.29, 1.82) is 0 Å². The molecule has 0 bridgehead atoms. The van der Waals surface area contributed by atoms with Gasteiger partial charge in [0.1, 0.15) is 0 Å². The van der Waals surface area contributed by atoms with Crippen molar-refractivity contribution in [3.63, 3.8) is 0 Å². The van der Waals surface area contributed by atoms with Gasteiger partial charge in [0.15, 0.2) is 11.5 Å². The summed E-state index contributed by atoms with van der Waals surface area (Å²) in [7, 11) is 3.37. The lowest BCUT2D eigenvalue weighted by Gasteiger charge is -2.23. The minimum atomic E-state index is 0.593. The SMILES string of the molecule is COc1cc2[nH]c3c(c2cc1OC)CC(c1ccccc1)CC3. The second-order valence-electron chi connectivity index (χ2n) is 6.19. The molecule has 0 saturated carbocycles. The van der Waals surface area contributed by atoms with Crippen molar-refractivity contribution in [2.24, 2.45) is 0 Å². The maximum Gasteiger partial charge on any atom is 0.162 e. The van der Waals surface area contributed by atoms with Gasteiger partial charge in [-0.1, -0.05) is 30.3 Å². The van der Waals surface area contributed by atoms with Crippen LogP contribution in [0.3, 0.4) is 0 Å². The zero-order chi connectivity index (χ0) is 15.8. The number of hydrogen-bond donors (Lipinski definition) is 1. The van der Waals surface area contributed by atoms with E-state index in [1.165, 1.54) is 28.6 Å². The number of hydrogen-bond acceptors (Lipinski definition) is 2. The molecule has 1 aromatic heterocycles. The molecule has 118 valence electrons. The first-order chi connectivity index (χ1) is 11.3. The van der Waals surface area contributed by atoms with Crippen LogP contribution in [0, 0.1) is 0 Å². The van der Waals surface area contributed by atoms with Gasteiger partial charge in [-0.3, -0.25) is 0 Å². The van der Waals surface area contributed by atoms with Crippen molar-refractivity contribution in [2.45, 2.75) is 25.2 Å². The Morgan fingerprint density at radius 3 is 2.48 bits per heavy atom. The van der Waals surface area contributed by atoms with Crippen molar-refractivity contribution >= 4 is 10.9 Å². The standard InChI is InChI=1S/C20H21NO2/c1-22-19-11-16-15-10-14(13-6-4-3-5-7-13)8-9-17(15)21-18(16)12-20(19)23-2/h3-7,11-12,14,21H,8-10H2,1-2H3. The summed E-state index contributed by atoms with van der Waals surface area (Å²) in [6.45, 7) is 0. The normalized spacial score (nSPS) is 17.0.